The maximum absolute atomic E-state index is 12.5. The molecule has 2 aliphatic heterocycles. The summed E-state index contributed by atoms with van der Waals surface area (Å²) in [5.74, 6) is 1.34. The number of nitrogens with one attached hydrogen (secondary N) is 1. The Morgan fingerprint density at radius 3 is 2.72 bits per heavy atom. The van der Waals surface area contributed by atoms with E-state index in [1.165, 1.54) is 12.0 Å². The van der Waals surface area contributed by atoms with Crippen LogP contribution in [-0.4, -0.2) is 58.2 Å². The van der Waals surface area contributed by atoms with E-state index in [9.17, 15) is 4.79 Å². The van der Waals surface area contributed by atoms with Gasteiger partial charge in [0.2, 0.25) is 5.89 Å². The van der Waals surface area contributed by atoms with E-state index in [1.54, 1.807) is 0 Å². The number of piperidine rings is 1. The molecule has 1 unspecified atom stereocenters. The third-order valence-corrected chi connectivity index (χ3v) is 5.06. The second-order valence-corrected chi connectivity index (χ2v) is 6.95. The van der Waals surface area contributed by atoms with Crippen LogP contribution in [0.1, 0.15) is 50.7 Å². The molecule has 0 saturated carbocycles. The Balaban J connectivity index is 1.52. The molecule has 0 bridgehead atoms. The van der Waals surface area contributed by atoms with Crippen molar-refractivity contribution in [2.75, 3.05) is 26.2 Å². The SMILES string of the molecule is CCC(NC(=O)N1CCCCC1)C1=CCN(Cc2noc(C)n2)CC1. The molecule has 138 valence electrons. The minimum absolute atomic E-state index is 0.0946. The second kappa shape index (κ2) is 8.47. The molecule has 2 aliphatic rings. The normalized spacial score (nSPS) is 20.2. The molecule has 1 saturated heterocycles. The van der Waals surface area contributed by atoms with Gasteiger partial charge in [0.1, 0.15) is 0 Å². The minimum Gasteiger partial charge on any atom is -0.340 e. The summed E-state index contributed by atoms with van der Waals surface area (Å²) in [6, 6.07) is 0.237. The molecule has 3 rings (SSSR count). The van der Waals surface area contributed by atoms with Crippen molar-refractivity contribution >= 4 is 6.03 Å². The monoisotopic (exact) mass is 347 g/mol. The molecule has 1 aromatic heterocycles. The second-order valence-electron chi connectivity index (χ2n) is 6.95. The van der Waals surface area contributed by atoms with Gasteiger partial charge in [-0.25, -0.2) is 4.79 Å². The van der Waals surface area contributed by atoms with Gasteiger partial charge in [-0.15, -0.1) is 0 Å². The number of urea groups is 1. The van der Waals surface area contributed by atoms with Crippen LogP contribution in [0.5, 0.6) is 0 Å². The maximum Gasteiger partial charge on any atom is 0.317 e. The Kier molecular flexibility index (Phi) is 6.07. The van der Waals surface area contributed by atoms with Crippen LogP contribution in [0.4, 0.5) is 4.79 Å². The molecule has 25 heavy (non-hydrogen) atoms. The van der Waals surface area contributed by atoms with Crippen LogP contribution in [0.3, 0.4) is 0 Å². The molecule has 1 fully saturated rings. The highest BCUT2D eigenvalue weighted by atomic mass is 16.5. The molecule has 0 aliphatic carbocycles. The van der Waals surface area contributed by atoms with Gasteiger partial charge in [-0.05, 0) is 37.7 Å². The van der Waals surface area contributed by atoms with Gasteiger partial charge in [-0.3, -0.25) is 4.90 Å². The van der Waals surface area contributed by atoms with E-state index >= 15 is 0 Å². The summed E-state index contributed by atoms with van der Waals surface area (Å²) in [6.45, 7) is 8.24. The number of carbonyl (C=O) groups excluding carboxylic acids is 1. The fourth-order valence-corrected chi connectivity index (χ4v) is 3.59. The molecule has 3 heterocycles. The Morgan fingerprint density at radius 1 is 1.32 bits per heavy atom. The van der Waals surface area contributed by atoms with Crippen molar-refractivity contribution in [3.8, 4) is 0 Å². The van der Waals surface area contributed by atoms with Crippen LogP contribution in [0.15, 0.2) is 16.2 Å². The van der Waals surface area contributed by atoms with Gasteiger partial charge in [-0.1, -0.05) is 18.2 Å². The van der Waals surface area contributed by atoms with Gasteiger partial charge in [0.05, 0.1) is 12.6 Å². The Hall–Kier alpha value is -1.89. The predicted octanol–water partition coefficient (Wildman–Crippen LogP) is 2.48. The first-order chi connectivity index (χ1) is 12.2. The number of nitrogens with zero attached hydrogens (tertiary/aromatic N) is 4. The molecule has 0 radical (unpaired) electrons. The lowest BCUT2D eigenvalue weighted by molar-refractivity contribution is 0.183. The number of rotatable bonds is 5. The molecule has 1 aromatic rings. The summed E-state index contributed by atoms with van der Waals surface area (Å²) < 4.78 is 5.03. The summed E-state index contributed by atoms with van der Waals surface area (Å²) in [7, 11) is 0. The quantitative estimate of drug-likeness (QED) is 0.828. The first kappa shape index (κ1) is 17.9. The number of hydrogen-bond acceptors (Lipinski definition) is 5. The third kappa shape index (κ3) is 4.81. The summed E-state index contributed by atoms with van der Waals surface area (Å²) in [6.07, 6.45) is 7.63. The summed E-state index contributed by atoms with van der Waals surface area (Å²) in [5, 5.41) is 7.19. The first-order valence-corrected chi connectivity index (χ1v) is 9.41. The van der Waals surface area contributed by atoms with Gasteiger partial charge < -0.3 is 14.7 Å². The average Bonchev–Trinajstić information content (AvgIpc) is 3.06. The van der Waals surface area contributed by atoms with Crippen molar-refractivity contribution < 1.29 is 9.32 Å². The van der Waals surface area contributed by atoms with Crippen LogP contribution in [0.2, 0.25) is 0 Å². The Bertz CT molecular complexity index is 606. The summed E-state index contributed by atoms with van der Waals surface area (Å²) >= 11 is 0. The van der Waals surface area contributed by atoms with Gasteiger partial charge in [0.15, 0.2) is 5.82 Å². The van der Waals surface area contributed by atoms with Crippen LogP contribution in [0.25, 0.3) is 0 Å². The molecular formula is C18H29N5O2. The third-order valence-electron chi connectivity index (χ3n) is 5.06. The minimum atomic E-state index is 0.0946. The molecule has 7 nitrogen and oxygen atoms in total. The van der Waals surface area contributed by atoms with E-state index in [1.807, 2.05) is 11.8 Å². The number of amides is 2. The van der Waals surface area contributed by atoms with E-state index in [0.29, 0.717) is 12.4 Å². The Morgan fingerprint density at radius 2 is 2.12 bits per heavy atom. The summed E-state index contributed by atoms with van der Waals surface area (Å²) in [4.78, 5) is 21.0. The zero-order valence-corrected chi connectivity index (χ0v) is 15.3. The zero-order valence-electron chi connectivity index (χ0n) is 15.3. The maximum atomic E-state index is 12.5. The van der Waals surface area contributed by atoms with Crippen LogP contribution < -0.4 is 5.32 Å². The molecule has 0 aromatic carbocycles. The number of aryl methyl sites for hydroxylation is 1. The van der Waals surface area contributed by atoms with Crippen molar-refractivity contribution in [2.24, 2.45) is 0 Å². The lowest BCUT2D eigenvalue weighted by Gasteiger charge is -2.32. The van der Waals surface area contributed by atoms with E-state index in [4.69, 9.17) is 4.52 Å². The smallest absolute Gasteiger partial charge is 0.317 e. The number of carbonyl (C=O) groups is 1. The zero-order chi connectivity index (χ0) is 17.6. The molecule has 2 amide bonds. The van der Waals surface area contributed by atoms with Gasteiger partial charge in [-0.2, -0.15) is 4.98 Å². The summed E-state index contributed by atoms with van der Waals surface area (Å²) in [5.41, 5.74) is 1.34. The van der Waals surface area contributed by atoms with Crippen molar-refractivity contribution in [3.05, 3.63) is 23.4 Å². The first-order valence-electron chi connectivity index (χ1n) is 9.41. The van der Waals surface area contributed by atoms with E-state index in [-0.39, 0.29) is 12.1 Å². The molecule has 0 spiro atoms. The number of hydrogen-bond donors (Lipinski definition) is 1. The van der Waals surface area contributed by atoms with Gasteiger partial charge >= 0.3 is 6.03 Å². The van der Waals surface area contributed by atoms with Crippen molar-refractivity contribution in [1.82, 2.24) is 25.3 Å². The van der Waals surface area contributed by atoms with Crippen LogP contribution in [0, 0.1) is 6.92 Å². The average molecular weight is 347 g/mol. The number of likely N-dealkylation sites (tertiary alicyclic amines) is 1. The number of aromatic nitrogens is 2. The fourth-order valence-electron chi connectivity index (χ4n) is 3.59. The van der Waals surface area contributed by atoms with Gasteiger partial charge in [0, 0.05) is 33.1 Å². The molecule has 7 heteroatoms. The molecule has 1 atom stereocenters. The standard InChI is InChI=1S/C18H29N5O2/c1-3-16(20-18(24)23-9-5-4-6-10-23)15-7-11-22(12-8-15)13-17-19-14(2)25-21-17/h7,16H,3-6,8-13H2,1-2H3,(H,20,24). The highest BCUT2D eigenvalue weighted by Gasteiger charge is 2.23. The highest BCUT2D eigenvalue weighted by Crippen LogP contribution is 2.19. The van der Waals surface area contributed by atoms with Crippen LogP contribution in [-0.2, 0) is 6.54 Å². The van der Waals surface area contributed by atoms with E-state index in [2.05, 4.69) is 33.4 Å². The van der Waals surface area contributed by atoms with E-state index < -0.39 is 0 Å². The fraction of sp³-hybridized carbons (Fsp3) is 0.722. The molecular weight excluding hydrogens is 318 g/mol. The van der Waals surface area contributed by atoms with Gasteiger partial charge in [0.25, 0.3) is 0 Å². The predicted molar refractivity (Wildman–Crippen MR) is 95.0 cm³/mol. The molecule has 1 N–H and O–H groups in total. The topological polar surface area (TPSA) is 74.5 Å². The van der Waals surface area contributed by atoms with E-state index in [0.717, 1.165) is 57.7 Å². The Labute approximate surface area is 149 Å². The highest BCUT2D eigenvalue weighted by molar-refractivity contribution is 5.75. The van der Waals surface area contributed by atoms with Crippen molar-refractivity contribution in [2.45, 2.75) is 58.5 Å². The largest absolute Gasteiger partial charge is 0.340 e. The van der Waals surface area contributed by atoms with Crippen molar-refractivity contribution in [1.29, 1.82) is 0 Å². The lowest BCUT2D eigenvalue weighted by Crippen LogP contribution is -2.48. The lowest BCUT2D eigenvalue weighted by atomic mass is 9.98. The van der Waals surface area contributed by atoms with Crippen LogP contribution >= 0.6 is 0 Å². The van der Waals surface area contributed by atoms with Crippen molar-refractivity contribution in [3.63, 3.8) is 0 Å².